The lowest BCUT2D eigenvalue weighted by Crippen LogP contribution is -2.12. The third-order valence-electron chi connectivity index (χ3n) is 4.61. The van der Waals surface area contributed by atoms with Gasteiger partial charge in [0, 0.05) is 23.3 Å². The van der Waals surface area contributed by atoms with Gasteiger partial charge in [-0.2, -0.15) is 5.10 Å². The summed E-state index contributed by atoms with van der Waals surface area (Å²) in [6.45, 7) is 0. The van der Waals surface area contributed by atoms with Crippen LogP contribution in [0, 0.1) is 0 Å². The van der Waals surface area contributed by atoms with Crippen LogP contribution in [0.4, 0.5) is 5.69 Å². The highest BCUT2D eigenvalue weighted by atomic mass is 16.1. The second-order valence-electron chi connectivity index (χ2n) is 6.32. The maximum Gasteiger partial charge on any atom is 0.261 e. The molecule has 5 rings (SSSR count). The maximum atomic E-state index is 13.0. The van der Waals surface area contributed by atoms with Gasteiger partial charge in [-0.3, -0.25) is 9.78 Å². The second kappa shape index (κ2) is 6.59. The van der Waals surface area contributed by atoms with E-state index in [9.17, 15) is 4.79 Å². The summed E-state index contributed by atoms with van der Waals surface area (Å²) in [6, 6.07) is 21.2. The van der Waals surface area contributed by atoms with E-state index in [1.807, 2.05) is 66.7 Å². The molecule has 0 unspecified atom stereocenters. The normalized spacial score (nSPS) is 11.0. The fraction of sp³-hybridized carbons (Fsp3) is 0. The largest absolute Gasteiger partial charge is 0.321 e. The minimum Gasteiger partial charge on any atom is -0.321 e. The van der Waals surface area contributed by atoms with Crippen molar-refractivity contribution < 1.29 is 4.79 Å². The molecule has 3 aromatic heterocycles. The zero-order valence-corrected chi connectivity index (χ0v) is 14.8. The van der Waals surface area contributed by atoms with E-state index >= 15 is 0 Å². The second-order valence-corrected chi connectivity index (χ2v) is 6.32. The molecule has 0 saturated carbocycles. The molecule has 134 valence electrons. The molecule has 0 spiro atoms. The van der Waals surface area contributed by atoms with Gasteiger partial charge in [-0.1, -0.05) is 36.4 Å². The smallest absolute Gasteiger partial charge is 0.261 e. The molecule has 28 heavy (non-hydrogen) atoms. The van der Waals surface area contributed by atoms with Crippen LogP contribution in [0.3, 0.4) is 0 Å². The first kappa shape index (κ1) is 16.1. The average molecular weight is 365 g/mol. The predicted molar refractivity (Wildman–Crippen MR) is 108 cm³/mol. The molecule has 6 nitrogen and oxygen atoms in total. The summed E-state index contributed by atoms with van der Waals surface area (Å²) < 4.78 is 1.69. The number of aromatic nitrogens is 4. The standard InChI is InChI=1S/C22H15N5O/c28-22(26-19-10-4-9-18-16(19)8-5-12-23-18)17-14-25-27-20(11-13-24-21(17)27)15-6-2-1-3-7-15/h1-14H,(H,26,28). The van der Waals surface area contributed by atoms with E-state index in [2.05, 4.69) is 20.4 Å². The molecule has 0 radical (unpaired) electrons. The molecule has 0 fully saturated rings. The number of carbonyl (C=O) groups excluding carboxylic acids is 1. The van der Waals surface area contributed by atoms with Crippen LogP contribution in [-0.2, 0) is 0 Å². The van der Waals surface area contributed by atoms with Crippen molar-refractivity contribution in [3.8, 4) is 11.3 Å². The van der Waals surface area contributed by atoms with Crippen molar-refractivity contribution in [2.45, 2.75) is 0 Å². The first-order valence-electron chi connectivity index (χ1n) is 8.84. The molecule has 0 aliphatic carbocycles. The van der Waals surface area contributed by atoms with Crippen molar-refractivity contribution in [1.82, 2.24) is 19.6 Å². The van der Waals surface area contributed by atoms with E-state index < -0.39 is 0 Å². The van der Waals surface area contributed by atoms with Gasteiger partial charge in [0.05, 0.1) is 23.1 Å². The Balaban J connectivity index is 1.55. The highest BCUT2D eigenvalue weighted by Crippen LogP contribution is 2.24. The van der Waals surface area contributed by atoms with E-state index in [0.717, 1.165) is 22.2 Å². The topological polar surface area (TPSA) is 72.2 Å². The van der Waals surface area contributed by atoms with Crippen molar-refractivity contribution in [3.63, 3.8) is 0 Å². The molecule has 3 heterocycles. The van der Waals surface area contributed by atoms with Crippen LogP contribution in [-0.4, -0.2) is 25.5 Å². The van der Waals surface area contributed by atoms with Gasteiger partial charge in [-0.25, -0.2) is 9.50 Å². The third-order valence-corrected chi connectivity index (χ3v) is 4.61. The summed E-state index contributed by atoms with van der Waals surface area (Å²) in [6.07, 6.45) is 4.97. The van der Waals surface area contributed by atoms with E-state index in [4.69, 9.17) is 0 Å². The Morgan fingerprint density at radius 1 is 0.857 bits per heavy atom. The first-order valence-corrected chi connectivity index (χ1v) is 8.84. The van der Waals surface area contributed by atoms with Crippen molar-refractivity contribution in [2.75, 3.05) is 5.32 Å². The molecule has 1 amide bonds. The molecule has 1 N–H and O–H groups in total. The van der Waals surface area contributed by atoms with Crippen molar-refractivity contribution in [3.05, 3.63) is 90.9 Å². The SMILES string of the molecule is O=C(Nc1cccc2ncccc12)c1cnn2c(-c3ccccc3)ccnc12. The average Bonchev–Trinajstić information content (AvgIpc) is 3.19. The summed E-state index contributed by atoms with van der Waals surface area (Å²) in [5, 5.41) is 8.25. The van der Waals surface area contributed by atoms with Gasteiger partial charge < -0.3 is 5.32 Å². The van der Waals surface area contributed by atoms with E-state index in [1.54, 1.807) is 23.1 Å². The fourth-order valence-electron chi connectivity index (χ4n) is 3.28. The van der Waals surface area contributed by atoms with Crippen molar-refractivity contribution in [2.24, 2.45) is 0 Å². The number of rotatable bonds is 3. The van der Waals surface area contributed by atoms with Gasteiger partial charge in [0.1, 0.15) is 5.56 Å². The quantitative estimate of drug-likeness (QED) is 0.520. The summed E-state index contributed by atoms with van der Waals surface area (Å²) in [5.74, 6) is -0.260. The number of benzene rings is 2. The maximum absolute atomic E-state index is 13.0. The molecular formula is C22H15N5O. The zero-order chi connectivity index (χ0) is 18.9. The Morgan fingerprint density at radius 3 is 2.64 bits per heavy atom. The summed E-state index contributed by atoms with van der Waals surface area (Å²) in [5.41, 5.74) is 4.33. The highest BCUT2D eigenvalue weighted by molar-refractivity contribution is 6.11. The van der Waals surface area contributed by atoms with Gasteiger partial charge >= 0.3 is 0 Å². The summed E-state index contributed by atoms with van der Waals surface area (Å²) in [4.78, 5) is 21.7. The third kappa shape index (κ3) is 2.68. The Kier molecular flexibility index (Phi) is 3.80. The minimum absolute atomic E-state index is 0.260. The number of fused-ring (bicyclic) bond motifs is 2. The van der Waals surface area contributed by atoms with Crippen LogP contribution >= 0.6 is 0 Å². The molecule has 0 saturated heterocycles. The molecule has 6 heteroatoms. The van der Waals surface area contributed by atoms with Gasteiger partial charge in [-0.05, 0) is 30.3 Å². The number of pyridine rings is 1. The summed E-state index contributed by atoms with van der Waals surface area (Å²) >= 11 is 0. The Labute approximate surface area is 160 Å². The lowest BCUT2D eigenvalue weighted by molar-refractivity contribution is 0.102. The molecule has 0 aliphatic heterocycles. The van der Waals surface area contributed by atoms with E-state index in [-0.39, 0.29) is 5.91 Å². The first-order chi connectivity index (χ1) is 13.8. The van der Waals surface area contributed by atoms with Crippen LogP contribution < -0.4 is 5.32 Å². The van der Waals surface area contributed by atoms with Crippen LogP contribution in [0.1, 0.15) is 10.4 Å². The van der Waals surface area contributed by atoms with Crippen molar-refractivity contribution >= 4 is 28.1 Å². The Bertz CT molecular complexity index is 1310. The Hall–Kier alpha value is -4.06. The molecule has 0 atom stereocenters. The van der Waals surface area contributed by atoms with E-state index in [1.165, 1.54) is 0 Å². The molecule has 0 bridgehead atoms. The Morgan fingerprint density at radius 2 is 1.75 bits per heavy atom. The monoisotopic (exact) mass is 365 g/mol. The van der Waals surface area contributed by atoms with Gasteiger partial charge in [-0.15, -0.1) is 0 Å². The number of carbonyl (C=O) groups is 1. The van der Waals surface area contributed by atoms with Crippen LogP contribution in [0.5, 0.6) is 0 Å². The zero-order valence-electron chi connectivity index (χ0n) is 14.8. The van der Waals surface area contributed by atoms with Crippen molar-refractivity contribution in [1.29, 1.82) is 0 Å². The molecular weight excluding hydrogens is 350 g/mol. The molecule has 5 aromatic rings. The molecule has 2 aromatic carbocycles. The predicted octanol–water partition coefficient (Wildman–Crippen LogP) is 4.20. The summed E-state index contributed by atoms with van der Waals surface area (Å²) in [7, 11) is 0. The van der Waals surface area contributed by atoms with Gasteiger partial charge in [0.25, 0.3) is 5.91 Å². The number of hydrogen-bond donors (Lipinski definition) is 1. The number of anilines is 1. The minimum atomic E-state index is -0.260. The fourth-order valence-corrected chi connectivity index (χ4v) is 3.28. The number of hydrogen-bond acceptors (Lipinski definition) is 4. The van der Waals surface area contributed by atoms with E-state index in [0.29, 0.717) is 16.9 Å². The van der Waals surface area contributed by atoms with Crippen LogP contribution in [0.15, 0.2) is 85.3 Å². The number of nitrogens with zero attached hydrogens (tertiary/aromatic N) is 4. The number of amides is 1. The molecule has 0 aliphatic rings. The lowest BCUT2D eigenvalue weighted by Gasteiger charge is -2.08. The lowest BCUT2D eigenvalue weighted by atomic mass is 10.1. The number of nitrogens with one attached hydrogen (secondary N) is 1. The van der Waals surface area contributed by atoms with Crippen LogP contribution in [0.25, 0.3) is 27.8 Å². The highest BCUT2D eigenvalue weighted by Gasteiger charge is 2.17. The van der Waals surface area contributed by atoms with Crippen LogP contribution in [0.2, 0.25) is 0 Å². The van der Waals surface area contributed by atoms with Gasteiger partial charge in [0.15, 0.2) is 5.65 Å². The van der Waals surface area contributed by atoms with Gasteiger partial charge in [0.2, 0.25) is 0 Å².